The summed E-state index contributed by atoms with van der Waals surface area (Å²) in [5.74, 6) is 0.400. The molecule has 0 heterocycles. The van der Waals surface area contributed by atoms with Crippen molar-refractivity contribution in [1.29, 1.82) is 0 Å². The quantitative estimate of drug-likeness (QED) is 0.459. The monoisotopic (exact) mass is 482 g/mol. The largest absolute Gasteiger partial charge is 0.496 e. The molecule has 3 aromatic carbocycles. The number of sulfonamides is 1. The van der Waals surface area contributed by atoms with Gasteiger partial charge < -0.3 is 14.8 Å². The van der Waals surface area contributed by atoms with E-state index in [4.69, 9.17) is 9.47 Å². The molecular weight excluding hydrogens is 452 g/mol. The number of nitrogens with one attached hydrogen (secondary N) is 2. The van der Waals surface area contributed by atoms with Crippen LogP contribution in [0.15, 0.2) is 77.7 Å². The van der Waals surface area contributed by atoms with Gasteiger partial charge in [-0.25, -0.2) is 8.42 Å². The molecule has 0 aliphatic heterocycles. The third-order valence-corrected chi connectivity index (χ3v) is 6.96. The van der Waals surface area contributed by atoms with Crippen LogP contribution in [-0.2, 0) is 21.2 Å². The van der Waals surface area contributed by atoms with Crippen LogP contribution in [-0.4, -0.2) is 34.6 Å². The number of para-hydroxylation sites is 1. The summed E-state index contributed by atoms with van der Waals surface area (Å²) in [5, 5.41) is 2.93. The van der Waals surface area contributed by atoms with Gasteiger partial charge in [0.1, 0.15) is 22.4 Å². The number of ether oxygens (including phenoxy) is 2. The molecule has 0 saturated carbocycles. The number of carbonyl (C=O) groups is 1. The summed E-state index contributed by atoms with van der Waals surface area (Å²) >= 11 is 0. The Balaban J connectivity index is 1.91. The van der Waals surface area contributed by atoms with Crippen molar-refractivity contribution in [2.45, 2.75) is 37.2 Å². The van der Waals surface area contributed by atoms with Gasteiger partial charge in [0.05, 0.1) is 20.3 Å². The number of aryl methyl sites for hydroxylation is 1. The van der Waals surface area contributed by atoms with E-state index in [1.54, 1.807) is 26.2 Å². The summed E-state index contributed by atoms with van der Waals surface area (Å²) in [4.78, 5) is 13.3. The van der Waals surface area contributed by atoms with Crippen LogP contribution >= 0.6 is 0 Å². The Morgan fingerprint density at radius 3 is 2.24 bits per heavy atom. The molecule has 0 saturated heterocycles. The summed E-state index contributed by atoms with van der Waals surface area (Å²) in [6.07, 6.45) is 0.179. The predicted molar refractivity (Wildman–Crippen MR) is 132 cm³/mol. The maximum absolute atomic E-state index is 13.4. The lowest BCUT2D eigenvalue weighted by molar-refractivity contribution is -0.123. The van der Waals surface area contributed by atoms with E-state index >= 15 is 0 Å². The van der Waals surface area contributed by atoms with Crippen LogP contribution in [0.1, 0.15) is 29.7 Å². The second-order valence-electron chi connectivity index (χ2n) is 7.99. The van der Waals surface area contributed by atoms with Gasteiger partial charge >= 0.3 is 0 Å². The first-order valence-electron chi connectivity index (χ1n) is 10.9. The van der Waals surface area contributed by atoms with E-state index in [2.05, 4.69) is 10.0 Å². The standard InChI is InChI=1S/C26H30N2O5S/c1-18-14-15-24(33-4)25(16-18)34(30,31)28-22(17-20-10-6-5-7-11-20)26(29)27-19(2)21-12-8-9-13-23(21)32-3/h5-16,19,22,28H,17H2,1-4H3,(H,27,29)/t19-,22-/m1/s1. The fourth-order valence-corrected chi connectivity index (χ4v) is 5.15. The van der Waals surface area contributed by atoms with E-state index in [0.717, 1.165) is 16.7 Å². The van der Waals surface area contributed by atoms with Crippen LogP contribution in [0.5, 0.6) is 11.5 Å². The fourth-order valence-electron chi connectivity index (χ4n) is 3.70. The minimum atomic E-state index is -4.06. The highest BCUT2D eigenvalue weighted by atomic mass is 32.2. The molecule has 34 heavy (non-hydrogen) atoms. The van der Waals surface area contributed by atoms with Crippen LogP contribution < -0.4 is 19.5 Å². The first-order chi connectivity index (χ1) is 16.2. The van der Waals surface area contributed by atoms with E-state index in [1.165, 1.54) is 13.2 Å². The highest BCUT2D eigenvalue weighted by Gasteiger charge is 2.29. The lowest BCUT2D eigenvalue weighted by atomic mass is 10.0. The highest BCUT2D eigenvalue weighted by molar-refractivity contribution is 7.89. The Morgan fingerprint density at radius 1 is 0.912 bits per heavy atom. The van der Waals surface area contributed by atoms with Crippen LogP contribution in [0, 0.1) is 6.92 Å². The summed E-state index contributed by atoms with van der Waals surface area (Å²) in [6, 6.07) is 20.1. The van der Waals surface area contributed by atoms with Crippen molar-refractivity contribution < 1.29 is 22.7 Å². The van der Waals surface area contributed by atoms with Gasteiger partial charge in [0.2, 0.25) is 15.9 Å². The van der Waals surface area contributed by atoms with Gasteiger partial charge in [-0.15, -0.1) is 0 Å². The number of hydrogen-bond donors (Lipinski definition) is 2. The van der Waals surface area contributed by atoms with Gasteiger partial charge in [-0.1, -0.05) is 54.6 Å². The summed E-state index contributed by atoms with van der Waals surface area (Å²) in [7, 11) is -1.09. The van der Waals surface area contributed by atoms with Crippen LogP contribution in [0.2, 0.25) is 0 Å². The van der Waals surface area contributed by atoms with Gasteiger partial charge in [0.15, 0.2) is 0 Å². The maximum Gasteiger partial charge on any atom is 0.244 e. The zero-order valence-electron chi connectivity index (χ0n) is 19.7. The molecule has 8 heteroatoms. The molecule has 3 aromatic rings. The third kappa shape index (κ3) is 6.15. The number of benzene rings is 3. The summed E-state index contributed by atoms with van der Waals surface area (Å²) in [6.45, 7) is 3.62. The van der Waals surface area contributed by atoms with Crippen LogP contribution in [0.25, 0.3) is 0 Å². The molecule has 0 bridgehead atoms. The minimum Gasteiger partial charge on any atom is -0.496 e. The molecule has 1 amide bonds. The van der Waals surface area contributed by atoms with Crippen molar-refractivity contribution in [1.82, 2.24) is 10.0 Å². The molecule has 180 valence electrons. The molecule has 0 spiro atoms. The smallest absolute Gasteiger partial charge is 0.244 e. The Kier molecular flexibility index (Phi) is 8.31. The average Bonchev–Trinajstić information content (AvgIpc) is 2.84. The molecular formula is C26H30N2O5S. The molecule has 0 fully saturated rings. The Hall–Kier alpha value is -3.36. The Morgan fingerprint density at radius 2 is 1.56 bits per heavy atom. The van der Waals surface area contributed by atoms with Crippen molar-refractivity contribution in [3.63, 3.8) is 0 Å². The molecule has 0 aliphatic rings. The van der Waals surface area contributed by atoms with Gasteiger partial charge in [-0.3, -0.25) is 4.79 Å². The molecule has 7 nitrogen and oxygen atoms in total. The molecule has 2 atom stereocenters. The predicted octanol–water partition coefficient (Wildman–Crippen LogP) is 3.78. The lowest BCUT2D eigenvalue weighted by Crippen LogP contribution is -2.48. The SMILES string of the molecule is COc1ccccc1[C@@H](C)NC(=O)[C@@H](Cc1ccccc1)NS(=O)(=O)c1cc(C)ccc1OC. The average molecular weight is 483 g/mol. The van der Waals surface area contributed by atoms with Crippen LogP contribution in [0.3, 0.4) is 0 Å². The zero-order valence-corrected chi connectivity index (χ0v) is 20.6. The number of hydrogen-bond acceptors (Lipinski definition) is 5. The van der Waals surface area contributed by atoms with Crippen molar-refractivity contribution in [2.24, 2.45) is 0 Å². The summed E-state index contributed by atoms with van der Waals surface area (Å²) < 4.78 is 39.9. The maximum atomic E-state index is 13.4. The van der Waals surface area contributed by atoms with Gasteiger partial charge in [-0.2, -0.15) is 4.72 Å². The Labute approximate surface area is 201 Å². The molecule has 3 rings (SSSR count). The zero-order chi connectivity index (χ0) is 24.7. The second kappa shape index (κ2) is 11.2. The first kappa shape index (κ1) is 25.3. The topological polar surface area (TPSA) is 93.7 Å². The Bertz CT molecular complexity index is 1230. The van der Waals surface area contributed by atoms with E-state index in [1.807, 2.05) is 61.5 Å². The van der Waals surface area contributed by atoms with Gasteiger partial charge in [0.25, 0.3) is 0 Å². The minimum absolute atomic E-state index is 0.0151. The van der Waals surface area contributed by atoms with Crippen molar-refractivity contribution in [2.75, 3.05) is 14.2 Å². The van der Waals surface area contributed by atoms with Gasteiger partial charge in [0, 0.05) is 5.56 Å². The number of methoxy groups -OCH3 is 2. The van der Waals surface area contributed by atoms with Gasteiger partial charge in [-0.05, 0) is 49.6 Å². The number of amides is 1. The lowest BCUT2D eigenvalue weighted by Gasteiger charge is -2.23. The first-order valence-corrected chi connectivity index (χ1v) is 12.4. The van der Waals surface area contributed by atoms with Crippen molar-refractivity contribution >= 4 is 15.9 Å². The highest BCUT2D eigenvalue weighted by Crippen LogP contribution is 2.26. The fraction of sp³-hybridized carbons (Fsp3) is 0.269. The van der Waals surface area contributed by atoms with E-state index in [0.29, 0.717) is 5.75 Å². The summed E-state index contributed by atoms with van der Waals surface area (Å²) in [5.41, 5.74) is 2.38. The van der Waals surface area contributed by atoms with Crippen molar-refractivity contribution in [3.8, 4) is 11.5 Å². The molecule has 0 aliphatic carbocycles. The molecule has 0 aromatic heterocycles. The van der Waals surface area contributed by atoms with Crippen molar-refractivity contribution in [3.05, 3.63) is 89.5 Å². The molecule has 0 unspecified atom stereocenters. The molecule has 0 radical (unpaired) electrons. The van der Waals surface area contributed by atoms with E-state index in [-0.39, 0.29) is 17.1 Å². The third-order valence-electron chi connectivity index (χ3n) is 5.47. The van der Waals surface area contributed by atoms with E-state index < -0.39 is 28.0 Å². The normalized spacial score (nSPS) is 13.1. The number of rotatable bonds is 10. The van der Waals surface area contributed by atoms with Crippen LogP contribution in [0.4, 0.5) is 0 Å². The molecule has 2 N–H and O–H groups in total. The van der Waals surface area contributed by atoms with E-state index in [9.17, 15) is 13.2 Å². The number of carbonyl (C=O) groups excluding carboxylic acids is 1. The second-order valence-corrected chi connectivity index (χ2v) is 9.67.